The SMILES string of the molecule is COc1cc(CC2C(=O)OC[C@@H]2C(O)c2ccc(OC)c(OC)c2)ccc1O. The number of benzene rings is 2. The van der Waals surface area contributed by atoms with Crippen molar-refractivity contribution < 1.29 is 34.0 Å². The first kappa shape index (κ1) is 19.8. The monoisotopic (exact) mass is 388 g/mol. The van der Waals surface area contributed by atoms with Crippen LogP contribution in [-0.4, -0.2) is 44.1 Å². The van der Waals surface area contributed by atoms with Crippen molar-refractivity contribution in [1.29, 1.82) is 0 Å². The lowest BCUT2D eigenvalue weighted by molar-refractivity contribution is -0.141. The van der Waals surface area contributed by atoms with Gasteiger partial charge >= 0.3 is 5.97 Å². The predicted molar refractivity (Wildman–Crippen MR) is 101 cm³/mol. The molecule has 3 atom stereocenters. The molecule has 28 heavy (non-hydrogen) atoms. The van der Waals surface area contributed by atoms with Gasteiger partial charge in [0.05, 0.1) is 40.0 Å². The van der Waals surface area contributed by atoms with Gasteiger partial charge < -0.3 is 29.2 Å². The molecule has 1 heterocycles. The van der Waals surface area contributed by atoms with Crippen LogP contribution in [0, 0.1) is 11.8 Å². The van der Waals surface area contributed by atoms with Crippen LogP contribution in [0.1, 0.15) is 17.2 Å². The zero-order valence-corrected chi connectivity index (χ0v) is 16.0. The Bertz CT molecular complexity index is 849. The maximum atomic E-state index is 12.3. The second-order valence-corrected chi connectivity index (χ2v) is 6.67. The summed E-state index contributed by atoms with van der Waals surface area (Å²) in [6.45, 7) is 0.133. The quantitative estimate of drug-likeness (QED) is 0.704. The largest absolute Gasteiger partial charge is 0.504 e. The summed E-state index contributed by atoms with van der Waals surface area (Å²) in [4.78, 5) is 12.3. The Kier molecular flexibility index (Phi) is 5.94. The number of rotatable bonds is 7. The van der Waals surface area contributed by atoms with Gasteiger partial charge in [0.2, 0.25) is 0 Å². The third kappa shape index (κ3) is 3.84. The van der Waals surface area contributed by atoms with Crippen molar-refractivity contribution in [1.82, 2.24) is 0 Å². The smallest absolute Gasteiger partial charge is 0.309 e. The van der Waals surface area contributed by atoms with E-state index in [9.17, 15) is 15.0 Å². The van der Waals surface area contributed by atoms with E-state index in [1.807, 2.05) is 0 Å². The number of ether oxygens (including phenoxy) is 4. The number of aliphatic hydroxyl groups is 1. The summed E-state index contributed by atoms with van der Waals surface area (Å²) in [5.74, 6) is 0.149. The summed E-state index contributed by atoms with van der Waals surface area (Å²) >= 11 is 0. The molecule has 0 saturated carbocycles. The van der Waals surface area contributed by atoms with Crippen LogP contribution in [0.4, 0.5) is 0 Å². The Morgan fingerprint density at radius 3 is 2.43 bits per heavy atom. The molecule has 2 aromatic carbocycles. The average Bonchev–Trinajstić information content (AvgIpc) is 3.08. The molecule has 7 heteroatoms. The van der Waals surface area contributed by atoms with Gasteiger partial charge in [-0.2, -0.15) is 0 Å². The van der Waals surface area contributed by atoms with Crippen molar-refractivity contribution in [2.45, 2.75) is 12.5 Å². The molecule has 1 aliphatic rings. The minimum atomic E-state index is -0.907. The minimum absolute atomic E-state index is 0.0298. The first-order chi connectivity index (χ1) is 13.5. The summed E-state index contributed by atoms with van der Waals surface area (Å²) in [7, 11) is 4.53. The molecule has 2 unspecified atom stereocenters. The summed E-state index contributed by atoms with van der Waals surface area (Å²) in [6.07, 6.45) is -0.542. The van der Waals surface area contributed by atoms with Crippen molar-refractivity contribution in [2.24, 2.45) is 11.8 Å². The number of esters is 1. The zero-order chi connectivity index (χ0) is 20.3. The number of carbonyl (C=O) groups is 1. The number of aromatic hydroxyl groups is 1. The number of cyclic esters (lactones) is 1. The van der Waals surface area contributed by atoms with Gasteiger partial charge in [0.1, 0.15) is 0 Å². The highest BCUT2D eigenvalue weighted by atomic mass is 16.5. The van der Waals surface area contributed by atoms with Gasteiger partial charge in [-0.15, -0.1) is 0 Å². The fourth-order valence-electron chi connectivity index (χ4n) is 3.51. The highest BCUT2D eigenvalue weighted by Gasteiger charge is 2.41. The number of aliphatic hydroxyl groups excluding tert-OH is 1. The van der Waals surface area contributed by atoms with E-state index >= 15 is 0 Å². The maximum absolute atomic E-state index is 12.3. The molecule has 0 aromatic heterocycles. The van der Waals surface area contributed by atoms with Gasteiger partial charge in [-0.3, -0.25) is 4.79 Å². The van der Waals surface area contributed by atoms with Gasteiger partial charge in [-0.25, -0.2) is 0 Å². The third-order valence-corrected chi connectivity index (χ3v) is 5.09. The van der Waals surface area contributed by atoms with Crippen LogP contribution in [0.15, 0.2) is 36.4 Å². The summed E-state index contributed by atoms with van der Waals surface area (Å²) in [5, 5.41) is 20.7. The van der Waals surface area contributed by atoms with Crippen LogP contribution in [0.3, 0.4) is 0 Å². The summed E-state index contributed by atoms with van der Waals surface area (Å²) in [6, 6.07) is 10.1. The fraction of sp³-hybridized carbons (Fsp3) is 0.381. The second-order valence-electron chi connectivity index (χ2n) is 6.67. The van der Waals surface area contributed by atoms with E-state index in [0.29, 0.717) is 29.2 Å². The van der Waals surface area contributed by atoms with E-state index in [1.165, 1.54) is 20.3 Å². The second kappa shape index (κ2) is 8.39. The van der Waals surface area contributed by atoms with Crippen molar-refractivity contribution >= 4 is 5.97 Å². The Morgan fingerprint density at radius 2 is 1.75 bits per heavy atom. The predicted octanol–water partition coefficient (Wildman–Crippen LogP) is 2.48. The van der Waals surface area contributed by atoms with Gasteiger partial charge in [0.15, 0.2) is 23.0 Å². The third-order valence-electron chi connectivity index (χ3n) is 5.09. The summed E-state index contributed by atoms with van der Waals surface area (Å²) < 4.78 is 20.9. The Hall–Kier alpha value is -2.93. The number of phenolic OH excluding ortho intramolecular Hbond substituents is 1. The molecule has 2 aromatic rings. The highest BCUT2D eigenvalue weighted by molar-refractivity contribution is 5.75. The number of methoxy groups -OCH3 is 3. The zero-order valence-electron chi connectivity index (χ0n) is 16.0. The molecular weight excluding hydrogens is 364 g/mol. The van der Waals surface area contributed by atoms with E-state index < -0.39 is 17.9 Å². The van der Waals surface area contributed by atoms with Crippen molar-refractivity contribution in [3.05, 3.63) is 47.5 Å². The van der Waals surface area contributed by atoms with Crippen LogP contribution in [0.25, 0.3) is 0 Å². The van der Waals surface area contributed by atoms with E-state index in [4.69, 9.17) is 18.9 Å². The molecule has 1 fully saturated rings. The topological polar surface area (TPSA) is 94.5 Å². The van der Waals surface area contributed by atoms with Gasteiger partial charge in [0, 0.05) is 5.92 Å². The lowest BCUT2D eigenvalue weighted by Gasteiger charge is -2.22. The van der Waals surface area contributed by atoms with Gasteiger partial charge in [-0.05, 0) is 41.8 Å². The molecule has 0 aliphatic carbocycles. The molecule has 7 nitrogen and oxygen atoms in total. The van der Waals surface area contributed by atoms with Gasteiger partial charge in [-0.1, -0.05) is 12.1 Å². The van der Waals surface area contributed by atoms with Crippen molar-refractivity contribution in [3.8, 4) is 23.0 Å². The Morgan fingerprint density at radius 1 is 1.04 bits per heavy atom. The van der Waals surface area contributed by atoms with Crippen LogP contribution in [0.5, 0.6) is 23.0 Å². The highest BCUT2D eigenvalue weighted by Crippen LogP contribution is 2.39. The minimum Gasteiger partial charge on any atom is -0.504 e. The van der Waals surface area contributed by atoms with Crippen LogP contribution in [-0.2, 0) is 16.0 Å². The summed E-state index contributed by atoms with van der Waals surface area (Å²) in [5.41, 5.74) is 1.43. The Balaban J connectivity index is 1.83. The first-order valence-electron chi connectivity index (χ1n) is 8.91. The van der Waals surface area contributed by atoms with Gasteiger partial charge in [0.25, 0.3) is 0 Å². The van der Waals surface area contributed by atoms with Crippen molar-refractivity contribution in [3.63, 3.8) is 0 Å². The normalized spacial score (nSPS) is 19.8. The number of phenols is 1. The van der Waals surface area contributed by atoms with Crippen LogP contribution < -0.4 is 14.2 Å². The van der Waals surface area contributed by atoms with E-state index in [0.717, 1.165) is 5.56 Å². The molecule has 0 spiro atoms. The maximum Gasteiger partial charge on any atom is 0.309 e. The van der Waals surface area contributed by atoms with E-state index in [-0.39, 0.29) is 18.3 Å². The van der Waals surface area contributed by atoms with E-state index in [2.05, 4.69) is 0 Å². The van der Waals surface area contributed by atoms with Crippen LogP contribution in [0.2, 0.25) is 0 Å². The average molecular weight is 388 g/mol. The lowest BCUT2D eigenvalue weighted by Crippen LogP contribution is -2.24. The molecule has 0 bridgehead atoms. The first-order valence-corrected chi connectivity index (χ1v) is 8.91. The molecule has 150 valence electrons. The fourth-order valence-corrected chi connectivity index (χ4v) is 3.51. The molecule has 1 saturated heterocycles. The molecule has 2 N–H and O–H groups in total. The number of hydrogen-bond acceptors (Lipinski definition) is 7. The molecule has 0 radical (unpaired) electrons. The molecule has 0 amide bonds. The standard InChI is InChI=1S/C21H24O7/c1-25-17-7-5-13(10-19(17)27-3)20(23)15-11-28-21(24)14(15)8-12-4-6-16(22)18(9-12)26-2/h4-7,9-10,14-15,20,22-23H,8,11H2,1-3H3/t14?,15-,20?/m0/s1. The van der Waals surface area contributed by atoms with E-state index in [1.54, 1.807) is 37.4 Å². The van der Waals surface area contributed by atoms with Crippen LogP contribution >= 0.6 is 0 Å². The van der Waals surface area contributed by atoms with Crippen molar-refractivity contribution in [2.75, 3.05) is 27.9 Å². The lowest BCUT2D eigenvalue weighted by atomic mass is 9.83. The Labute approximate surface area is 163 Å². The number of carbonyl (C=O) groups excluding carboxylic acids is 1. The number of hydrogen-bond donors (Lipinski definition) is 2. The molecule has 1 aliphatic heterocycles. The molecular formula is C21H24O7. The molecule has 3 rings (SSSR count).